The Kier molecular flexibility index (Phi) is 5.06. The highest BCUT2D eigenvalue weighted by atomic mass is 32.2. The van der Waals surface area contributed by atoms with Gasteiger partial charge in [-0.3, -0.25) is 14.0 Å². The summed E-state index contributed by atoms with van der Waals surface area (Å²) in [6.07, 6.45) is 1.80. The summed E-state index contributed by atoms with van der Waals surface area (Å²) in [5.41, 5.74) is 1.29. The first kappa shape index (κ1) is 19.1. The Morgan fingerprint density at radius 3 is 2.41 bits per heavy atom. The molecule has 0 saturated carbocycles. The molecule has 3 aromatic rings. The summed E-state index contributed by atoms with van der Waals surface area (Å²) >= 11 is 1.11. The molecule has 0 spiro atoms. The molecule has 0 atom stereocenters. The average Bonchev–Trinajstić information content (AvgIpc) is 3.24. The standard InChI is InChI=1S/C20H18FN5O2S/c1-3-24(4-2)16-17(29-20-23-22-15-7-5-6-12-25(15)20)19(28)26(18(16)27)14-10-8-13(21)9-11-14/h5-12H,3-4H2,1-2H3. The number of halogens is 1. The van der Waals surface area contributed by atoms with Crippen molar-refractivity contribution >= 4 is 34.9 Å². The van der Waals surface area contributed by atoms with Crippen LogP contribution in [0.15, 0.2) is 64.4 Å². The normalized spacial score (nSPS) is 14.4. The molecule has 0 fully saturated rings. The van der Waals surface area contributed by atoms with Gasteiger partial charge in [-0.2, -0.15) is 0 Å². The first-order chi connectivity index (χ1) is 14.0. The zero-order valence-corrected chi connectivity index (χ0v) is 16.7. The minimum atomic E-state index is -0.457. The van der Waals surface area contributed by atoms with E-state index in [1.807, 2.05) is 36.9 Å². The van der Waals surface area contributed by atoms with Crippen LogP contribution in [0.5, 0.6) is 0 Å². The number of thioether (sulfide) groups is 1. The van der Waals surface area contributed by atoms with Gasteiger partial charge in [-0.05, 0) is 62.0 Å². The van der Waals surface area contributed by atoms with E-state index >= 15 is 0 Å². The van der Waals surface area contributed by atoms with E-state index in [-0.39, 0.29) is 4.91 Å². The highest BCUT2D eigenvalue weighted by molar-refractivity contribution is 8.04. The predicted octanol–water partition coefficient (Wildman–Crippen LogP) is 3.09. The molecular weight excluding hydrogens is 393 g/mol. The second kappa shape index (κ2) is 7.67. The van der Waals surface area contributed by atoms with Gasteiger partial charge in [-0.15, -0.1) is 10.2 Å². The molecule has 0 bridgehead atoms. The fraction of sp³-hybridized carbons (Fsp3) is 0.200. The fourth-order valence-electron chi connectivity index (χ4n) is 3.21. The van der Waals surface area contributed by atoms with Crippen molar-refractivity contribution in [2.45, 2.75) is 19.0 Å². The van der Waals surface area contributed by atoms with E-state index in [9.17, 15) is 14.0 Å². The Balaban J connectivity index is 1.79. The lowest BCUT2D eigenvalue weighted by Crippen LogP contribution is -2.35. The van der Waals surface area contributed by atoms with Crippen molar-refractivity contribution in [3.63, 3.8) is 0 Å². The molecule has 0 unspecified atom stereocenters. The van der Waals surface area contributed by atoms with Gasteiger partial charge in [-0.1, -0.05) is 6.07 Å². The molecule has 2 amide bonds. The molecule has 2 aromatic heterocycles. The van der Waals surface area contributed by atoms with Crippen molar-refractivity contribution < 1.29 is 14.0 Å². The molecule has 1 aromatic carbocycles. The monoisotopic (exact) mass is 411 g/mol. The van der Waals surface area contributed by atoms with Crippen LogP contribution in [0, 0.1) is 5.82 Å². The summed E-state index contributed by atoms with van der Waals surface area (Å²) < 4.78 is 15.1. The van der Waals surface area contributed by atoms with Crippen LogP contribution in [-0.2, 0) is 9.59 Å². The lowest BCUT2D eigenvalue weighted by molar-refractivity contribution is -0.121. The number of imide groups is 1. The summed E-state index contributed by atoms with van der Waals surface area (Å²) in [6.45, 7) is 4.96. The van der Waals surface area contributed by atoms with Crippen LogP contribution in [-0.4, -0.2) is 44.4 Å². The molecule has 9 heteroatoms. The van der Waals surface area contributed by atoms with Crippen molar-refractivity contribution in [1.29, 1.82) is 0 Å². The van der Waals surface area contributed by atoms with Crippen molar-refractivity contribution in [3.8, 4) is 0 Å². The Hall–Kier alpha value is -3.20. The highest BCUT2D eigenvalue weighted by Gasteiger charge is 2.42. The number of fused-ring (bicyclic) bond motifs is 1. The van der Waals surface area contributed by atoms with Gasteiger partial charge in [0.2, 0.25) is 5.16 Å². The molecule has 1 aliphatic rings. The quantitative estimate of drug-likeness (QED) is 0.581. The Labute approximate surface area is 170 Å². The lowest BCUT2D eigenvalue weighted by Gasteiger charge is -2.22. The topological polar surface area (TPSA) is 70.8 Å². The molecule has 148 valence electrons. The van der Waals surface area contributed by atoms with Gasteiger partial charge in [0, 0.05) is 19.3 Å². The zero-order chi connectivity index (χ0) is 20.5. The third kappa shape index (κ3) is 3.27. The van der Waals surface area contributed by atoms with Crippen LogP contribution < -0.4 is 4.90 Å². The summed E-state index contributed by atoms with van der Waals surface area (Å²) in [5, 5.41) is 8.76. The van der Waals surface area contributed by atoms with E-state index in [1.165, 1.54) is 24.3 Å². The number of carbonyl (C=O) groups is 2. The van der Waals surface area contributed by atoms with Crippen LogP contribution in [0.2, 0.25) is 0 Å². The van der Waals surface area contributed by atoms with Crippen LogP contribution in [0.25, 0.3) is 5.65 Å². The molecule has 0 radical (unpaired) electrons. The molecule has 7 nitrogen and oxygen atoms in total. The molecule has 0 saturated heterocycles. The number of carbonyl (C=O) groups excluding carboxylic acids is 2. The number of hydrogen-bond acceptors (Lipinski definition) is 6. The molecule has 4 rings (SSSR count). The number of benzene rings is 1. The van der Waals surface area contributed by atoms with Crippen molar-refractivity contribution in [1.82, 2.24) is 19.5 Å². The van der Waals surface area contributed by atoms with E-state index in [0.717, 1.165) is 16.7 Å². The molecule has 29 heavy (non-hydrogen) atoms. The van der Waals surface area contributed by atoms with E-state index in [4.69, 9.17) is 0 Å². The lowest BCUT2D eigenvalue weighted by atomic mass is 10.3. The average molecular weight is 411 g/mol. The number of aromatic nitrogens is 3. The number of nitrogens with zero attached hydrogens (tertiary/aromatic N) is 5. The van der Waals surface area contributed by atoms with Gasteiger partial charge in [0.05, 0.1) is 5.69 Å². The Morgan fingerprint density at radius 2 is 1.72 bits per heavy atom. The van der Waals surface area contributed by atoms with Crippen LogP contribution in [0.4, 0.5) is 10.1 Å². The van der Waals surface area contributed by atoms with Gasteiger partial charge in [0.15, 0.2) is 5.65 Å². The van der Waals surface area contributed by atoms with Crippen molar-refractivity contribution in [3.05, 3.63) is 65.1 Å². The Morgan fingerprint density at radius 1 is 1.00 bits per heavy atom. The van der Waals surface area contributed by atoms with Crippen LogP contribution in [0.1, 0.15) is 13.8 Å². The van der Waals surface area contributed by atoms with Gasteiger partial charge in [-0.25, -0.2) is 9.29 Å². The molecular formula is C20H18FN5O2S. The van der Waals surface area contributed by atoms with Gasteiger partial charge in [0.25, 0.3) is 11.8 Å². The number of hydrogen-bond donors (Lipinski definition) is 0. The van der Waals surface area contributed by atoms with Crippen LogP contribution >= 0.6 is 11.8 Å². The number of amides is 2. The number of likely N-dealkylation sites (N-methyl/N-ethyl adjacent to an activating group) is 1. The van der Waals surface area contributed by atoms with Gasteiger partial charge < -0.3 is 4.90 Å². The minimum Gasteiger partial charge on any atom is -0.367 e. The van der Waals surface area contributed by atoms with E-state index in [2.05, 4.69) is 10.2 Å². The van der Waals surface area contributed by atoms with E-state index in [1.54, 1.807) is 10.6 Å². The molecule has 1 aliphatic heterocycles. The van der Waals surface area contributed by atoms with E-state index in [0.29, 0.717) is 35.3 Å². The second-order valence-electron chi connectivity index (χ2n) is 6.29. The third-order valence-electron chi connectivity index (χ3n) is 4.66. The summed E-state index contributed by atoms with van der Waals surface area (Å²) in [5.74, 6) is -1.32. The largest absolute Gasteiger partial charge is 0.367 e. The number of rotatable bonds is 6. The van der Waals surface area contributed by atoms with E-state index < -0.39 is 17.6 Å². The predicted molar refractivity (Wildman–Crippen MR) is 108 cm³/mol. The summed E-state index contributed by atoms with van der Waals surface area (Å²) in [4.78, 5) is 29.7. The van der Waals surface area contributed by atoms with Gasteiger partial charge >= 0.3 is 0 Å². The maximum atomic E-state index is 13.3. The fourth-order valence-corrected chi connectivity index (χ4v) is 4.22. The van der Waals surface area contributed by atoms with Crippen molar-refractivity contribution in [2.75, 3.05) is 18.0 Å². The first-order valence-corrected chi connectivity index (χ1v) is 9.98. The second-order valence-corrected chi connectivity index (χ2v) is 7.26. The van der Waals surface area contributed by atoms with Crippen LogP contribution in [0.3, 0.4) is 0 Å². The highest BCUT2D eigenvalue weighted by Crippen LogP contribution is 2.38. The summed E-state index contributed by atoms with van der Waals surface area (Å²) in [7, 11) is 0. The maximum Gasteiger partial charge on any atom is 0.283 e. The zero-order valence-electron chi connectivity index (χ0n) is 15.9. The Bertz CT molecular complexity index is 1120. The molecule has 0 N–H and O–H groups in total. The SMILES string of the molecule is CCN(CC)C1=C(Sc2nnc3ccccn23)C(=O)N(c2ccc(F)cc2)C1=O. The first-order valence-electron chi connectivity index (χ1n) is 9.16. The smallest absolute Gasteiger partial charge is 0.283 e. The van der Waals surface area contributed by atoms with Crippen molar-refractivity contribution in [2.24, 2.45) is 0 Å². The minimum absolute atomic E-state index is 0.279. The summed E-state index contributed by atoms with van der Waals surface area (Å²) in [6, 6.07) is 10.8. The maximum absolute atomic E-state index is 13.3. The molecule has 3 heterocycles. The van der Waals surface area contributed by atoms with Gasteiger partial charge in [0.1, 0.15) is 16.4 Å². The number of pyridine rings is 1. The third-order valence-corrected chi connectivity index (χ3v) is 5.69. The molecule has 0 aliphatic carbocycles. The number of anilines is 1.